The van der Waals surface area contributed by atoms with Gasteiger partial charge in [0.2, 0.25) is 0 Å². The summed E-state index contributed by atoms with van der Waals surface area (Å²) >= 11 is 0. The van der Waals surface area contributed by atoms with Gasteiger partial charge in [-0.25, -0.2) is 0 Å². The summed E-state index contributed by atoms with van der Waals surface area (Å²) in [6, 6.07) is 0.0262. The molecule has 0 heterocycles. The van der Waals surface area contributed by atoms with Gasteiger partial charge in [-0.3, -0.25) is 4.79 Å². The van der Waals surface area contributed by atoms with Crippen LogP contribution in [0.2, 0.25) is 0 Å². The van der Waals surface area contributed by atoms with Gasteiger partial charge in [-0.2, -0.15) is 0 Å². The fraction of sp³-hybridized carbons (Fsp3) is 0.917. The van der Waals surface area contributed by atoms with Crippen LogP contribution in [0, 0.1) is 17.8 Å². The summed E-state index contributed by atoms with van der Waals surface area (Å²) in [5.74, 6) is 0.855. The minimum Gasteiger partial charge on any atom is -0.463 e. The third kappa shape index (κ3) is 2.23. The number of hydrogen-bond donors (Lipinski definition) is 1. The molecule has 2 aliphatic carbocycles. The van der Waals surface area contributed by atoms with E-state index in [1.807, 2.05) is 6.92 Å². The van der Waals surface area contributed by atoms with Gasteiger partial charge in [0.25, 0.3) is 0 Å². The zero-order valence-corrected chi connectivity index (χ0v) is 9.85. The number of nitrogens with two attached hydrogens (primary N) is 1. The third-order valence-corrected chi connectivity index (χ3v) is 3.93. The van der Waals surface area contributed by atoms with Crippen molar-refractivity contribution in [3.05, 3.63) is 0 Å². The average Bonchev–Trinajstić information content (AvgIpc) is 2.84. The molecule has 0 radical (unpaired) electrons. The molecule has 2 saturated carbocycles. The van der Waals surface area contributed by atoms with Crippen molar-refractivity contribution >= 4 is 5.97 Å². The van der Waals surface area contributed by atoms with Gasteiger partial charge in [0.15, 0.2) is 0 Å². The Bertz CT molecular complexity index is 255. The number of rotatable bonds is 5. The van der Waals surface area contributed by atoms with Crippen LogP contribution < -0.4 is 5.73 Å². The topological polar surface area (TPSA) is 61.5 Å². The molecule has 0 aromatic carbocycles. The van der Waals surface area contributed by atoms with Gasteiger partial charge in [0.1, 0.15) is 6.61 Å². The molecular weight excluding hydrogens is 206 g/mol. The van der Waals surface area contributed by atoms with Crippen LogP contribution >= 0.6 is 0 Å². The van der Waals surface area contributed by atoms with Crippen LogP contribution in [0.3, 0.4) is 0 Å². The van der Waals surface area contributed by atoms with Crippen LogP contribution in [0.5, 0.6) is 0 Å². The van der Waals surface area contributed by atoms with Gasteiger partial charge in [0.05, 0.1) is 12.5 Å². The number of esters is 1. The molecule has 2 aliphatic rings. The van der Waals surface area contributed by atoms with E-state index in [2.05, 4.69) is 0 Å². The smallest absolute Gasteiger partial charge is 0.310 e. The highest BCUT2D eigenvalue weighted by Gasteiger charge is 2.49. The largest absolute Gasteiger partial charge is 0.463 e. The second-order valence-electron chi connectivity index (χ2n) is 4.80. The van der Waals surface area contributed by atoms with Gasteiger partial charge >= 0.3 is 5.97 Å². The minimum absolute atomic E-state index is 0.0262. The molecule has 16 heavy (non-hydrogen) atoms. The van der Waals surface area contributed by atoms with Gasteiger partial charge in [-0.05, 0) is 38.0 Å². The molecule has 2 bridgehead atoms. The van der Waals surface area contributed by atoms with E-state index in [0.29, 0.717) is 31.7 Å². The van der Waals surface area contributed by atoms with E-state index in [4.69, 9.17) is 15.2 Å². The van der Waals surface area contributed by atoms with E-state index in [9.17, 15) is 4.79 Å². The second kappa shape index (κ2) is 5.15. The molecule has 4 heteroatoms. The monoisotopic (exact) mass is 227 g/mol. The summed E-state index contributed by atoms with van der Waals surface area (Å²) in [5.41, 5.74) is 6.06. The Morgan fingerprint density at radius 2 is 2.06 bits per heavy atom. The molecule has 2 rings (SSSR count). The highest BCUT2D eigenvalue weighted by Crippen LogP contribution is 2.47. The highest BCUT2D eigenvalue weighted by molar-refractivity contribution is 5.74. The van der Waals surface area contributed by atoms with Crippen LogP contribution in [0.15, 0.2) is 0 Å². The Labute approximate surface area is 96.5 Å². The molecule has 0 aromatic rings. The zero-order valence-electron chi connectivity index (χ0n) is 9.85. The zero-order chi connectivity index (χ0) is 11.5. The first-order chi connectivity index (χ1) is 7.74. The Hall–Kier alpha value is -0.610. The molecule has 0 aromatic heterocycles. The first-order valence-electron chi connectivity index (χ1n) is 6.24. The third-order valence-electron chi connectivity index (χ3n) is 3.93. The fourth-order valence-corrected chi connectivity index (χ4v) is 3.13. The Kier molecular flexibility index (Phi) is 3.82. The summed E-state index contributed by atoms with van der Waals surface area (Å²) < 4.78 is 10.3. The van der Waals surface area contributed by atoms with Crippen molar-refractivity contribution in [3.63, 3.8) is 0 Å². The first kappa shape index (κ1) is 11.9. The Morgan fingerprint density at radius 3 is 2.69 bits per heavy atom. The molecule has 4 unspecified atom stereocenters. The van der Waals surface area contributed by atoms with Gasteiger partial charge in [-0.1, -0.05) is 0 Å². The van der Waals surface area contributed by atoms with Crippen molar-refractivity contribution in [2.24, 2.45) is 23.5 Å². The quantitative estimate of drug-likeness (QED) is 0.561. The van der Waals surface area contributed by atoms with E-state index in [1.54, 1.807) is 0 Å². The predicted molar refractivity (Wildman–Crippen MR) is 59.7 cm³/mol. The SMILES string of the molecule is CCOCCOC(=O)C1C2CCC(C2)C1N. The number of hydrogen-bond acceptors (Lipinski definition) is 4. The molecule has 4 nitrogen and oxygen atoms in total. The summed E-state index contributed by atoms with van der Waals surface area (Å²) in [7, 11) is 0. The van der Waals surface area contributed by atoms with Crippen molar-refractivity contribution in [1.29, 1.82) is 0 Å². The molecular formula is C12H21NO3. The summed E-state index contributed by atoms with van der Waals surface area (Å²) in [6.07, 6.45) is 3.45. The first-order valence-corrected chi connectivity index (χ1v) is 6.24. The van der Waals surface area contributed by atoms with Crippen LogP contribution in [-0.2, 0) is 14.3 Å². The summed E-state index contributed by atoms with van der Waals surface area (Å²) in [5, 5.41) is 0. The van der Waals surface area contributed by atoms with E-state index >= 15 is 0 Å². The van der Waals surface area contributed by atoms with Crippen molar-refractivity contribution in [3.8, 4) is 0 Å². The van der Waals surface area contributed by atoms with Crippen LogP contribution in [-0.4, -0.2) is 31.8 Å². The maximum absolute atomic E-state index is 11.9. The van der Waals surface area contributed by atoms with Crippen LogP contribution in [0.1, 0.15) is 26.2 Å². The number of fused-ring (bicyclic) bond motifs is 2. The Balaban J connectivity index is 1.77. The lowest BCUT2D eigenvalue weighted by atomic mass is 9.85. The molecule has 0 spiro atoms. The van der Waals surface area contributed by atoms with Gasteiger partial charge in [-0.15, -0.1) is 0 Å². The highest BCUT2D eigenvalue weighted by atomic mass is 16.6. The van der Waals surface area contributed by atoms with Gasteiger partial charge in [0, 0.05) is 12.6 Å². The fourth-order valence-electron chi connectivity index (χ4n) is 3.13. The standard InChI is InChI=1S/C12H21NO3/c1-2-15-5-6-16-12(14)10-8-3-4-9(7-8)11(10)13/h8-11H,2-7,13H2,1H3. The normalized spacial score (nSPS) is 36.6. The lowest BCUT2D eigenvalue weighted by Gasteiger charge is -2.26. The molecule has 2 N–H and O–H groups in total. The molecule has 0 amide bonds. The second-order valence-corrected chi connectivity index (χ2v) is 4.80. The number of ether oxygens (including phenoxy) is 2. The van der Waals surface area contributed by atoms with Gasteiger partial charge < -0.3 is 15.2 Å². The van der Waals surface area contributed by atoms with E-state index in [1.165, 1.54) is 6.42 Å². The van der Waals surface area contributed by atoms with Crippen molar-refractivity contribution in [1.82, 2.24) is 0 Å². The average molecular weight is 227 g/mol. The van der Waals surface area contributed by atoms with Crippen LogP contribution in [0.25, 0.3) is 0 Å². The molecule has 92 valence electrons. The number of carbonyl (C=O) groups is 1. The van der Waals surface area contributed by atoms with Crippen LogP contribution in [0.4, 0.5) is 0 Å². The maximum atomic E-state index is 11.9. The summed E-state index contributed by atoms with van der Waals surface area (Å²) in [6.45, 7) is 3.42. The minimum atomic E-state index is -0.112. The Morgan fingerprint density at radius 1 is 1.31 bits per heavy atom. The van der Waals surface area contributed by atoms with E-state index in [0.717, 1.165) is 12.8 Å². The number of carbonyl (C=O) groups excluding carboxylic acids is 1. The summed E-state index contributed by atoms with van der Waals surface area (Å²) in [4.78, 5) is 11.9. The lowest BCUT2D eigenvalue weighted by molar-refractivity contribution is -0.152. The molecule has 0 saturated heterocycles. The molecule has 2 fully saturated rings. The molecule has 0 aliphatic heterocycles. The van der Waals surface area contributed by atoms with Crippen molar-refractivity contribution < 1.29 is 14.3 Å². The van der Waals surface area contributed by atoms with E-state index < -0.39 is 0 Å². The lowest BCUT2D eigenvalue weighted by Crippen LogP contribution is -2.41. The maximum Gasteiger partial charge on any atom is 0.310 e. The van der Waals surface area contributed by atoms with Crippen molar-refractivity contribution in [2.75, 3.05) is 19.8 Å². The van der Waals surface area contributed by atoms with Crippen molar-refractivity contribution in [2.45, 2.75) is 32.2 Å². The molecule has 4 atom stereocenters. The van der Waals surface area contributed by atoms with E-state index in [-0.39, 0.29) is 17.9 Å². The predicted octanol–water partition coefficient (Wildman–Crippen LogP) is 0.940.